The van der Waals surface area contributed by atoms with E-state index in [2.05, 4.69) is 5.32 Å². The minimum absolute atomic E-state index is 0.0158. The fraction of sp³-hybridized carbons (Fsp3) is 0.500. The number of carbonyl (C=O) groups is 1. The second-order valence-electron chi connectivity index (χ2n) is 5.23. The molecule has 1 amide bonds. The van der Waals surface area contributed by atoms with Crippen LogP contribution in [0.5, 0.6) is 0 Å². The van der Waals surface area contributed by atoms with Crippen molar-refractivity contribution in [3.8, 4) is 0 Å². The molecule has 2 rings (SSSR count). The van der Waals surface area contributed by atoms with Crippen LogP contribution in [0.3, 0.4) is 0 Å². The van der Waals surface area contributed by atoms with Gasteiger partial charge in [-0.1, -0.05) is 41.2 Å². The Hall–Kier alpha value is -0.480. The Kier molecular flexibility index (Phi) is 5.19. The molecule has 6 heteroatoms. The Morgan fingerprint density at radius 2 is 1.90 bits per heavy atom. The van der Waals surface area contributed by atoms with E-state index in [0.717, 1.165) is 19.3 Å². The van der Waals surface area contributed by atoms with Crippen LogP contribution in [0.15, 0.2) is 12.1 Å². The predicted molar refractivity (Wildman–Crippen MR) is 81.8 cm³/mol. The molecule has 0 unspecified atom stereocenters. The number of halogens is 3. The van der Waals surface area contributed by atoms with Crippen LogP contribution in [0.25, 0.3) is 0 Å². The number of aliphatic hydroxyl groups is 1. The van der Waals surface area contributed by atoms with Crippen LogP contribution in [-0.4, -0.2) is 24.2 Å². The Bertz CT molecular complexity index is 515. The van der Waals surface area contributed by atoms with Gasteiger partial charge in [0.2, 0.25) is 0 Å². The molecular weight excluding hydrogens is 321 g/mol. The van der Waals surface area contributed by atoms with Gasteiger partial charge in [-0.3, -0.25) is 4.79 Å². The first kappa shape index (κ1) is 15.9. The van der Waals surface area contributed by atoms with E-state index in [1.165, 1.54) is 0 Å². The number of hydrogen-bond acceptors (Lipinski definition) is 2. The van der Waals surface area contributed by atoms with Crippen molar-refractivity contribution >= 4 is 40.7 Å². The van der Waals surface area contributed by atoms with Gasteiger partial charge in [-0.15, -0.1) is 0 Å². The Balaban J connectivity index is 2.07. The number of nitrogens with one attached hydrogen (secondary N) is 1. The van der Waals surface area contributed by atoms with Crippen molar-refractivity contribution in [3.63, 3.8) is 0 Å². The molecule has 0 spiro atoms. The summed E-state index contributed by atoms with van der Waals surface area (Å²) in [7, 11) is 0. The van der Waals surface area contributed by atoms with Gasteiger partial charge < -0.3 is 10.4 Å². The highest BCUT2D eigenvalue weighted by Gasteiger charge is 2.36. The lowest BCUT2D eigenvalue weighted by molar-refractivity contribution is 0.0732. The minimum atomic E-state index is -0.327. The topological polar surface area (TPSA) is 49.3 Å². The van der Waals surface area contributed by atoms with E-state index in [-0.39, 0.29) is 33.5 Å². The summed E-state index contributed by atoms with van der Waals surface area (Å²) in [6.45, 7) is 0.653. The van der Waals surface area contributed by atoms with Crippen LogP contribution >= 0.6 is 34.8 Å². The lowest BCUT2D eigenvalue weighted by atomic mass is 9.67. The number of rotatable bonds is 5. The molecule has 20 heavy (non-hydrogen) atoms. The second kappa shape index (κ2) is 6.52. The molecule has 1 aliphatic rings. The summed E-state index contributed by atoms with van der Waals surface area (Å²) in [5.74, 6) is -0.327. The van der Waals surface area contributed by atoms with Crippen molar-refractivity contribution in [2.24, 2.45) is 5.41 Å². The molecule has 0 radical (unpaired) electrons. The zero-order valence-electron chi connectivity index (χ0n) is 10.9. The summed E-state index contributed by atoms with van der Waals surface area (Å²) in [6.07, 6.45) is 3.87. The number of amides is 1. The fourth-order valence-corrected chi connectivity index (χ4v) is 3.22. The van der Waals surface area contributed by atoms with Crippen molar-refractivity contribution in [2.45, 2.75) is 25.7 Å². The average Bonchev–Trinajstić information content (AvgIpc) is 2.37. The first-order valence-electron chi connectivity index (χ1n) is 6.52. The molecule has 3 nitrogen and oxygen atoms in total. The maximum atomic E-state index is 12.2. The van der Waals surface area contributed by atoms with Gasteiger partial charge in [0.05, 0.1) is 20.6 Å². The molecule has 1 aliphatic carbocycles. The molecule has 1 aromatic carbocycles. The van der Waals surface area contributed by atoms with E-state index >= 15 is 0 Å². The lowest BCUT2D eigenvalue weighted by Crippen LogP contribution is -2.42. The summed E-state index contributed by atoms with van der Waals surface area (Å²) < 4.78 is 0. The van der Waals surface area contributed by atoms with Crippen LogP contribution in [0.1, 0.15) is 36.0 Å². The van der Waals surface area contributed by atoms with E-state index in [0.29, 0.717) is 18.0 Å². The first-order chi connectivity index (χ1) is 9.49. The van der Waals surface area contributed by atoms with E-state index < -0.39 is 0 Å². The average molecular weight is 337 g/mol. The van der Waals surface area contributed by atoms with Gasteiger partial charge in [-0.2, -0.15) is 0 Å². The highest BCUT2D eigenvalue weighted by molar-refractivity contribution is 6.46. The van der Waals surface area contributed by atoms with Crippen LogP contribution in [0.4, 0.5) is 0 Å². The first-order valence-corrected chi connectivity index (χ1v) is 7.65. The molecule has 2 N–H and O–H groups in total. The van der Waals surface area contributed by atoms with Crippen LogP contribution in [-0.2, 0) is 0 Å². The molecule has 0 aliphatic heterocycles. The van der Waals surface area contributed by atoms with Crippen molar-refractivity contribution < 1.29 is 9.90 Å². The molecule has 0 aromatic heterocycles. The number of benzene rings is 1. The van der Waals surface area contributed by atoms with E-state index in [1.807, 2.05) is 0 Å². The molecule has 1 saturated carbocycles. The highest BCUT2D eigenvalue weighted by atomic mass is 35.5. The standard InChI is InChI=1S/C14H16Cl3NO2/c15-9-2-3-10(16)12(17)11(9)13(20)18-8-14(6-7-19)4-1-5-14/h2-3,19H,1,4-8H2,(H,18,20). The maximum Gasteiger partial charge on any atom is 0.254 e. The molecule has 1 fully saturated rings. The number of aliphatic hydroxyl groups excluding tert-OH is 1. The normalized spacial score (nSPS) is 16.6. The smallest absolute Gasteiger partial charge is 0.254 e. The van der Waals surface area contributed by atoms with E-state index in [4.69, 9.17) is 39.9 Å². The van der Waals surface area contributed by atoms with E-state index in [1.54, 1.807) is 12.1 Å². The Morgan fingerprint density at radius 3 is 2.45 bits per heavy atom. The van der Waals surface area contributed by atoms with Crippen LogP contribution in [0, 0.1) is 5.41 Å². The van der Waals surface area contributed by atoms with Gasteiger partial charge in [0.15, 0.2) is 0 Å². The van der Waals surface area contributed by atoms with Crippen molar-refractivity contribution in [3.05, 3.63) is 32.8 Å². The SMILES string of the molecule is O=C(NCC1(CCO)CCC1)c1c(Cl)ccc(Cl)c1Cl. The monoisotopic (exact) mass is 335 g/mol. The van der Waals surface area contributed by atoms with Crippen molar-refractivity contribution in [1.82, 2.24) is 5.32 Å². The van der Waals surface area contributed by atoms with E-state index in [9.17, 15) is 4.79 Å². The maximum absolute atomic E-state index is 12.2. The molecule has 0 saturated heterocycles. The summed E-state index contributed by atoms with van der Waals surface area (Å²) in [4.78, 5) is 12.2. The fourth-order valence-electron chi connectivity index (χ4n) is 2.52. The van der Waals surface area contributed by atoms with Crippen LogP contribution in [0.2, 0.25) is 15.1 Å². The number of hydrogen-bond donors (Lipinski definition) is 2. The molecule has 0 atom stereocenters. The van der Waals surface area contributed by atoms with Gasteiger partial charge >= 0.3 is 0 Å². The summed E-state index contributed by atoms with van der Waals surface area (Å²) in [6, 6.07) is 3.11. The summed E-state index contributed by atoms with van der Waals surface area (Å²) >= 11 is 18.0. The second-order valence-corrected chi connectivity index (χ2v) is 6.42. The third kappa shape index (κ3) is 3.22. The molecule has 1 aromatic rings. The minimum Gasteiger partial charge on any atom is -0.396 e. The van der Waals surface area contributed by atoms with Crippen molar-refractivity contribution in [2.75, 3.05) is 13.2 Å². The molecule has 110 valence electrons. The zero-order chi connectivity index (χ0) is 14.8. The summed E-state index contributed by atoms with van der Waals surface area (Å²) in [5.41, 5.74) is 0.224. The van der Waals surface area contributed by atoms with Gasteiger partial charge in [0.25, 0.3) is 5.91 Å². The Labute approximate surface area is 133 Å². The lowest BCUT2D eigenvalue weighted by Gasteiger charge is -2.41. The number of carbonyl (C=O) groups excluding carboxylic acids is 1. The zero-order valence-corrected chi connectivity index (χ0v) is 13.2. The largest absolute Gasteiger partial charge is 0.396 e. The van der Waals surface area contributed by atoms with Gasteiger partial charge in [0, 0.05) is 13.2 Å². The van der Waals surface area contributed by atoms with Gasteiger partial charge in [0.1, 0.15) is 0 Å². The molecule has 0 bridgehead atoms. The van der Waals surface area contributed by atoms with Crippen LogP contribution < -0.4 is 5.32 Å². The summed E-state index contributed by atoms with van der Waals surface area (Å²) in [5, 5.41) is 12.7. The molecule has 0 heterocycles. The predicted octanol–water partition coefficient (Wildman–Crippen LogP) is 3.93. The van der Waals surface area contributed by atoms with Gasteiger partial charge in [-0.05, 0) is 36.8 Å². The van der Waals surface area contributed by atoms with Gasteiger partial charge in [-0.25, -0.2) is 0 Å². The highest BCUT2D eigenvalue weighted by Crippen LogP contribution is 2.43. The third-order valence-corrected chi connectivity index (χ3v) is 5.07. The quantitative estimate of drug-likeness (QED) is 0.800. The Morgan fingerprint density at radius 1 is 1.25 bits per heavy atom. The van der Waals surface area contributed by atoms with Crippen molar-refractivity contribution in [1.29, 1.82) is 0 Å². The third-order valence-electron chi connectivity index (χ3n) is 3.95. The molecular formula is C14H16Cl3NO2.